The lowest BCUT2D eigenvalue weighted by atomic mass is 9.99. The summed E-state index contributed by atoms with van der Waals surface area (Å²) >= 11 is 0. The zero-order valence-electron chi connectivity index (χ0n) is 12.1. The topological polar surface area (TPSA) is 92.5 Å². The van der Waals surface area contributed by atoms with Gasteiger partial charge in [-0.1, -0.05) is 18.2 Å². The number of carbonyl (C=O) groups is 1. The van der Waals surface area contributed by atoms with Crippen molar-refractivity contribution in [1.82, 2.24) is 9.62 Å². The van der Waals surface area contributed by atoms with Crippen molar-refractivity contribution in [2.45, 2.75) is 24.3 Å². The molecule has 2 rings (SSSR count). The molecule has 21 heavy (non-hydrogen) atoms. The molecule has 1 aromatic rings. The Balaban J connectivity index is 2.29. The lowest BCUT2D eigenvalue weighted by Crippen LogP contribution is -2.44. The third kappa shape index (κ3) is 3.25. The highest BCUT2D eigenvalue weighted by atomic mass is 32.2. The predicted octanol–water partition coefficient (Wildman–Crippen LogP) is 0.292. The quantitative estimate of drug-likeness (QED) is 0.836. The van der Waals surface area contributed by atoms with Gasteiger partial charge in [-0.05, 0) is 24.5 Å². The average molecular weight is 311 g/mol. The Labute approximate surface area is 125 Å². The molecule has 3 N–H and O–H groups in total. The van der Waals surface area contributed by atoms with E-state index in [1.807, 2.05) is 0 Å². The van der Waals surface area contributed by atoms with Crippen LogP contribution in [-0.2, 0) is 21.4 Å². The van der Waals surface area contributed by atoms with Crippen LogP contribution in [0.1, 0.15) is 18.4 Å². The Morgan fingerprint density at radius 2 is 2.14 bits per heavy atom. The van der Waals surface area contributed by atoms with Gasteiger partial charge in [-0.25, -0.2) is 8.42 Å². The molecule has 1 fully saturated rings. The van der Waals surface area contributed by atoms with Crippen LogP contribution in [0, 0.1) is 5.92 Å². The first-order chi connectivity index (χ1) is 10.0. The van der Waals surface area contributed by atoms with E-state index in [0.29, 0.717) is 24.9 Å². The molecule has 1 amide bonds. The maximum atomic E-state index is 12.8. The summed E-state index contributed by atoms with van der Waals surface area (Å²) in [6.45, 7) is 0.831. The van der Waals surface area contributed by atoms with E-state index in [0.717, 1.165) is 0 Å². The van der Waals surface area contributed by atoms with E-state index in [1.54, 1.807) is 31.3 Å². The molecule has 6 nitrogen and oxygen atoms in total. The molecule has 0 saturated carbocycles. The van der Waals surface area contributed by atoms with Gasteiger partial charge in [0.2, 0.25) is 15.9 Å². The number of benzene rings is 1. The van der Waals surface area contributed by atoms with E-state index < -0.39 is 10.0 Å². The Morgan fingerprint density at radius 3 is 2.81 bits per heavy atom. The Bertz CT molecular complexity index is 616. The van der Waals surface area contributed by atoms with E-state index >= 15 is 0 Å². The van der Waals surface area contributed by atoms with Crippen LogP contribution in [0.3, 0.4) is 0 Å². The van der Waals surface area contributed by atoms with Crippen LogP contribution in [0.2, 0.25) is 0 Å². The minimum absolute atomic E-state index is 0.109. The molecular formula is C14H21N3O3S. The zero-order chi connectivity index (χ0) is 15.5. The van der Waals surface area contributed by atoms with Crippen molar-refractivity contribution in [3.05, 3.63) is 29.8 Å². The molecule has 1 unspecified atom stereocenters. The summed E-state index contributed by atoms with van der Waals surface area (Å²) in [6, 6.07) is 6.74. The highest BCUT2D eigenvalue weighted by Gasteiger charge is 2.33. The molecule has 1 heterocycles. The van der Waals surface area contributed by atoms with E-state index in [9.17, 15) is 13.2 Å². The monoisotopic (exact) mass is 311 g/mol. The van der Waals surface area contributed by atoms with Gasteiger partial charge in [0.25, 0.3) is 0 Å². The number of piperidine rings is 1. The normalized spacial score (nSPS) is 20.2. The molecule has 0 aliphatic carbocycles. The summed E-state index contributed by atoms with van der Waals surface area (Å²) in [5, 5.41) is 2.59. The fourth-order valence-corrected chi connectivity index (χ4v) is 4.40. The molecule has 116 valence electrons. The minimum Gasteiger partial charge on any atom is -0.359 e. The number of rotatable bonds is 4. The van der Waals surface area contributed by atoms with Crippen molar-refractivity contribution in [3.63, 3.8) is 0 Å². The second-order valence-electron chi connectivity index (χ2n) is 5.13. The van der Waals surface area contributed by atoms with Gasteiger partial charge in [-0.2, -0.15) is 4.31 Å². The van der Waals surface area contributed by atoms with Crippen LogP contribution < -0.4 is 11.1 Å². The lowest BCUT2D eigenvalue weighted by molar-refractivity contribution is -0.125. The third-order valence-corrected chi connectivity index (χ3v) is 5.78. The highest BCUT2D eigenvalue weighted by molar-refractivity contribution is 7.89. The summed E-state index contributed by atoms with van der Waals surface area (Å²) in [5.74, 6) is -0.398. The number of hydrogen-bond donors (Lipinski definition) is 2. The lowest BCUT2D eigenvalue weighted by Gasteiger charge is -2.31. The van der Waals surface area contributed by atoms with Crippen LogP contribution in [0.25, 0.3) is 0 Å². The first kappa shape index (κ1) is 15.9. The van der Waals surface area contributed by atoms with Gasteiger partial charge in [0.15, 0.2) is 0 Å². The summed E-state index contributed by atoms with van der Waals surface area (Å²) in [7, 11) is -2.04. The fourth-order valence-electron chi connectivity index (χ4n) is 2.64. The van der Waals surface area contributed by atoms with E-state index in [-0.39, 0.29) is 29.8 Å². The smallest absolute Gasteiger partial charge is 0.243 e. The molecule has 7 heteroatoms. The van der Waals surface area contributed by atoms with Crippen LogP contribution in [-0.4, -0.2) is 38.8 Å². The molecule has 1 aliphatic heterocycles. The van der Waals surface area contributed by atoms with E-state index in [1.165, 1.54) is 4.31 Å². The molecule has 0 spiro atoms. The second-order valence-corrected chi connectivity index (χ2v) is 7.03. The van der Waals surface area contributed by atoms with Gasteiger partial charge < -0.3 is 11.1 Å². The minimum atomic E-state index is -3.61. The summed E-state index contributed by atoms with van der Waals surface area (Å²) in [6.07, 6.45) is 1.40. The van der Waals surface area contributed by atoms with Gasteiger partial charge in [0.1, 0.15) is 0 Å². The van der Waals surface area contributed by atoms with Gasteiger partial charge in [-0.3, -0.25) is 4.79 Å². The molecule has 0 aromatic heterocycles. The average Bonchev–Trinajstić information content (AvgIpc) is 2.54. The first-order valence-corrected chi connectivity index (χ1v) is 8.44. The Morgan fingerprint density at radius 1 is 1.43 bits per heavy atom. The summed E-state index contributed by atoms with van der Waals surface area (Å²) < 4.78 is 26.9. The van der Waals surface area contributed by atoms with Crippen molar-refractivity contribution in [1.29, 1.82) is 0 Å². The van der Waals surface area contributed by atoms with Crippen LogP contribution in [0.4, 0.5) is 0 Å². The van der Waals surface area contributed by atoms with Crippen LogP contribution in [0.5, 0.6) is 0 Å². The number of nitrogens with one attached hydrogen (secondary N) is 1. The number of sulfonamides is 1. The van der Waals surface area contributed by atoms with Crippen molar-refractivity contribution in [2.75, 3.05) is 20.1 Å². The SMILES string of the molecule is CNC(=O)C1CCCN(S(=O)(=O)c2ccccc2CN)C1. The summed E-state index contributed by atoms with van der Waals surface area (Å²) in [4.78, 5) is 12.0. The predicted molar refractivity (Wildman–Crippen MR) is 79.9 cm³/mol. The van der Waals surface area contributed by atoms with E-state index in [2.05, 4.69) is 5.32 Å². The molecule has 1 aromatic carbocycles. The standard InChI is InChI=1S/C14H21N3O3S/c1-16-14(18)12-6-4-8-17(10-12)21(19,20)13-7-3-2-5-11(13)9-15/h2-3,5,7,12H,4,6,8-10,15H2,1H3,(H,16,18). The van der Waals surface area contributed by atoms with Crippen LogP contribution >= 0.6 is 0 Å². The van der Waals surface area contributed by atoms with Crippen molar-refractivity contribution < 1.29 is 13.2 Å². The second kappa shape index (κ2) is 6.55. The molecule has 0 radical (unpaired) electrons. The van der Waals surface area contributed by atoms with Gasteiger partial charge in [0.05, 0.1) is 10.8 Å². The first-order valence-electron chi connectivity index (χ1n) is 7.00. The Hall–Kier alpha value is -1.44. The maximum absolute atomic E-state index is 12.8. The third-order valence-electron chi connectivity index (χ3n) is 3.81. The van der Waals surface area contributed by atoms with Crippen molar-refractivity contribution >= 4 is 15.9 Å². The fraction of sp³-hybridized carbons (Fsp3) is 0.500. The molecule has 0 bridgehead atoms. The van der Waals surface area contributed by atoms with Crippen LogP contribution in [0.15, 0.2) is 29.2 Å². The number of hydrogen-bond acceptors (Lipinski definition) is 4. The zero-order valence-corrected chi connectivity index (χ0v) is 12.9. The molecule has 1 atom stereocenters. The molecular weight excluding hydrogens is 290 g/mol. The molecule has 1 aliphatic rings. The number of nitrogens with zero attached hydrogens (tertiary/aromatic N) is 1. The van der Waals surface area contributed by atoms with Gasteiger partial charge >= 0.3 is 0 Å². The number of carbonyl (C=O) groups excluding carboxylic acids is 1. The highest BCUT2D eigenvalue weighted by Crippen LogP contribution is 2.25. The number of amides is 1. The summed E-state index contributed by atoms with van der Waals surface area (Å²) in [5.41, 5.74) is 6.22. The van der Waals surface area contributed by atoms with Crippen molar-refractivity contribution in [3.8, 4) is 0 Å². The number of nitrogens with two attached hydrogens (primary N) is 1. The maximum Gasteiger partial charge on any atom is 0.243 e. The Kier molecular flexibility index (Phi) is 4.97. The van der Waals surface area contributed by atoms with Gasteiger partial charge in [0, 0.05) is 26.7 Å². The van der Waals surface area contributed by atoms with Gasteiger partial charge in [-0.15, -0.1) is 0 Å². The molecule has 1 saturated heterocycles. The van der Waals surface area contributed by atoms with E-state index in [4.69, 9.17) is 5.73 Å². The van der Waals surface area contributed by atoms with Crippen molar-refractivity contribution in [2.24, 2.45) is 11.7 Å². The largest absolute Gasteiger partial charge is 0.359 e.